The summed E-state index contributed by atoms with van der Waals surface area (Å²) in [5.74, 6) is 0. The molecule has 0 saturated heterocycles. The second kappa shape index (κ2) is 7.01. The zero-order valence-corrected chi connectivity index (χ0v) is 12.5. The van der Waals surface area contributed by atoms with E-state index in [2.05, 4.69) is 41.6 Å². The van der Waals surface area contributed by atoms with Crippen LogP contribution >= 0.6 is 11.3 Å². The summed E-state index contributed by atoms with van der Waals surface area (Å²) in [6.07, 6.45) is 1.03. The van der Waals surface area contributed by atoms with Gasteiger partial charge in [-0.05, 0) is 35.9 Å². The molecule has 1 heterocycles. The standard InChI is InChI=1S/C15H22N2OS/c1-17(8-5-9-18-2)14(10-16)13-11-19-15-7-4-3-6-12(13)15/h3-4,6-7,11,14H,5,8-10,16H2,1-2H3. The van der Waals surface area contributed by atoms with E-state index in [0.29, 0.717) is 6.54 Å². The highest BCUT2D eigenvalue weighted by molar-refractivity contribution is 7.17. The molecular weight excluding hydrogens is 256 g/mol. The monoisotopic (exact) mass is 278 g/mol. The van der Waals surface area contributed by atoms with Crippen LogP contribution in [0.5, 0.6) is 0 Å². The summed E-state index contributed by atoms with van der Waals surface area (Å²) in [5, 5.41) is 3.58. The van der Waals surface area contributed by atoms with Crippen molar-refractivity contribution in [1.29, 1.82) is 0 Å². The first-order valence-electron chi connectivity index (χ1n) is 6.63. The van der Waals surface area contributed by atoms with Crippen LogP contribution < -0.4 is 5.73 Å². The molecule has 104 valence electrons. The van der Waals surface area contributed by atoms with Crippen LogP contribution in [-0.4, -0.2) is 38.8 Å². The van der Waals surface area contributed by atoms with Gasteiger partial charge in [-0.2, -0.15) is 0 Å². The van der Waals surface area contributed by atoms with Crippen molar-refractivity contribution >= 4 is 21.4 Å². The van der Waals surface area contributed by atoms with Gasteiger partial charge in [0.15, 0.2) is 0 Å². The molecule has 0 aliphatic heterocycles. The van der Waals surface area contributed by atoms with E-state index in [1.54, 1.807) is 18.4 Å². The number of hydrogen-bond donors (Lipinski definition) is 1. The summed E-state index contributed by atoms with van der Waals surface area (Å²) in [6, 6.07) is 8.82. The lowest BCUT2D eigenvalue weighted by Gasteiger charge is -2.26. The maximum absolute atomic E-state index is 5.99. The molecule has 0 bridgehead atoms. The molecular formula is C15H22N2OS. The first-order chi connectivity index (χ1) is 9.27. The van der Waals surface area contributed by atoms with Crippen LogP contribution in [0, 0.1) is 0 Å². The average molecular weight is 278 g/mol. The molecule has 0 amide bonds. The minimum atomic E-state index is 0.285. The maximum atomic E-state index is 5.99. The zero-order valence-electron chi connectivity index (χ0n) is 11.6. The Labute approximate surface area is 119 Å². The summed E-state index contributed by atoms with van der Waals surface area (Å²) < 4.78 is 6.45. The second-order valence-electron chi connectivity index (χ2n) is 4.77. The van der Waals surface area contributed by atoms with Crippen LogP contribution in [0.15, 0.2) is 29.6 Å². The summed E-state index contributed by atoms with van der Waals surface area (Å²) in [6.45, 7) is 2.44. The van der Waals surface area contributed by atoms with Crippen molar-refractivity contribution in [2.24, 2.45) is 5.73 Å². The molecule has 19 heavy (non-hydrogen) atoms. The fourth-order valence-electron chi connectivity index (χ4n) is 2.41. The zero-order chi connectivity index (χ0) is 13.7. The number of rotatable bonds is 7. The van der Waals surface area contributed by atoms with Crippen molar-refractivity contribution in [3.8, 4) is 0 Å². The summed E-state index contributed by atoms with van der Waals surface area (Å²) >= 11 is 1.80. The van der Waals surface area contributed by atoms with E-state index in [4.69, 9.17) is 10.5 Å². The number of thiophene rings is 1. The number of nitrogens with two attached hydrogens (primary N) is 1. The van der Waals surface area contributed by atoms with Crippen molar-refractivity contribution in [2.75, 3.05) is 33.9 Å². The Hall–Kier alpha value is -0.940. The molecule has 2 aromatic rings. The predicted octanol–water partition coefficient (Wildman–Crippen LogP) is 2.87. The van der Waals surface area contributed by atoms with Crippen LogP contribution in [0.3, 0.4) is 0 Å². The highest BCUT2D eigenvalue weighted by Crippen LogP contribution is 2.32. The van der Waals surface area contributed by atoms with Crippen LogP contribution in [0.4, 0.5) is 0 Å². The molecule has 0 radical (unpaired) electrons. The molecule has 0 fully saturated rings. The van der Waals surface area contributed by atoms with E-state index in [1.807, 2.05) is 0 Å². The van der Waals surface area contributed by atoms with Gasteiger partial charge in [0.1, 0.15) is 0 Å². The van der Waals surface area contributed by atoms with Crippen molar-refractivity contribution in [2.45, 2.75) is 12.5 Å². The van der Waals surface area contributed by atoms with Crippen molar-refractivity contribution < 1.29 is 4.74 Å². The molecule has 0 spiro atoms. The van der Waals surface area contributed by atoms with Gasteiger partial charge in [0.25, 0.3) is 0 Å². The maximum Gasteiger partial charge on any atom is 0.0481 e. The fourth-order valence-corrected chi connectivity index (χ4v) is 3.42. The molecule has 0 aliphatic rings. The van der Waals surface area contributed by atoms with E-state index in [9.17, 15) is 0 Å². The topological polar surface area (TPSA) is 38.5 Å². The SMILES string of the molecule is COCCCN(C)C(CN)c1csc2ccccc12. The summed E-state index contributed by atoms with van der Waals surface area (Å²) in [4.78, 5) is 2.33. The Balaban J connectivity index is 2.16. The Morgan fingerprint density at radius 1 is 1.37 bits per heavy atom. The first-order valence-corrected chi connectivity index (χ1v) is 7.51. The number of ether oxygens (including phenoxy) is 1. The first kappa shape index (κ1) is 14.5. The molecule has 2 rings (SSSR count). The highest BCUT2D eigenvalue weighted by atomic mass is 32.1. The molecule has 0 aliphatic carbocycles. The van der Waals surface area contributed by atoms with Gasteiger partial charge in [0.2, 0.25) is 0 Å². The summed E-state index contributed by atoms with van der Waals surface area (Å²) in [5.41, 5.74) is 7.34. The normalized spacial score (nSPS) is 13.3. The van der Waals surface area contributed by atoms with Gasteiger partial charge in [-0.1, -0.05) is 18.2 Å². The molecule has 4 heteroatoms. The van der Waals surface area contributed by atoms with Gasteiger partial charge in [0.05, 0.1) is 0 Å². The van der Waals surface area contributed by atoms with E-state index in [1.165, 1.54) is 15.6 Å². The molecule has 0 saturated carbocycles. The van der Waals surface area contributed by atoms with E-state index >= 15 is 0 Å². The van der Waals surface area contributed by atoms with Crippen LogP contribution in [-0.2, 0) is 4.74 Å². The molecule has 2 N–H and O–H groups in total. The van der Waals surface area contributed by atoms with Crippen molar-refractivity contribution in [1.82, 2.24) is 4.90 Å². The van der Waals surface area contributed by atoms with Crippen molar-refractivity contribution in [3.05, 3.63) is 35.2 Å². The number of likely N-dealkylation sites (N-methyl/N-ethyl adjacent to an activating group) is 1. The van der Waals surface area contributed by atoms with Crippen molar-refractivity contribution in [3.63, 3.8) is 0 Å². The van der Waals surface area contributed by atoms with Gasteiger partial charge >= 0.3 is 0 Å². The molecule has 1 atom stereocenters. The number of methoxy groups -OCH3 is 1. The molecule has 1 unspecified atom stereocenters. The largest absolute Gasteiger partial charge is 0.385 e. The fraction of sp³-hybridized carbons (Fsp3) is 0.467. The number of fused-ring (bicyclic) bond motifs is 1. The lowest BCUT2D eigenvalue weighted by Crippen LogP contribution is -2.31. The van der Waals surface area contributed by atoms with Crippen LogP contribution in [0.2, 0.25) is 0 Å². The van der Waals surface area contributed by atoms with E-state index < -0.39 is 0 Å². The minimum Gasteiger partial charge on any atom is -0.385 e. The lowest BCUT2D eigenvalue weighted by molar-refractivity contribution is 0.167. The molecule has 1 aromatic carbocycles. The Kier molecular flexibility index (Phi) is 5.34. The lowest BCUT2D eigenvalue weighted by atomic mass is 10.0. The van der Waals surface area contributed by atoms with Gasteiger partial charge in [-0.25, -0.2) is 0 Å². The average Bonchev–Trinajstić information content (AvgIpc) is 2.84. The van der Waals surface area contributed by atoms with Crippen LogP contribution in [0.25, 0.3) is 10.1 Å². The highest BCUT2D eigenvalue weighted by Gasteiger charge is 2.18. The Bertz CT molecular complexity index is 512. The number of hydrogen-bond acceptors (Lipinski definition) is 4. The smallest absolute Gasteiger partial charge is 0.0481 e. The Morgan fingerprint density at radius 2 is 2.16 bits per heavy atom. The summed E-state index contributed by atoms with van der Waals surface area (Å²) in [7, 11) is 3.88. The van der Waals surface area contributed by atoms with Gasteiger partial charge in [-0.3, -0.25) is 4.90 Å². The molecule has 3 nitrogen and oxygen atoms in total. The van der Waals surface area contributed by atoms with Crippen LogP contribution in [0.1, 0.15) is 18.0 Å². The quantitative estimate of drug-likeness (QED) is 0.792. The van der Waals surface area contributed by atoms with E-state index in [-0.39, 0.29) is 6.04 Å². The second-order valence-corrected chi connectivity index (χ2v) is 5.68. The third kappa shape index (κ3) is 3.34. The number of benzene rings is 1. The predicted molar refractivity (Wildman–Crippen MR) is 82.7 cm³/mol. The number of nitrogens with zero attached hydrogens (tertiary/aromatic N) is 1. The Morgan fingerprint density at radius 3 is 2.89 bits per heavy atom. The van der Waals surface area contributed by atoms with Gasteiger partial charge in [-0.15, -0.1) is 11.3 Å². The minimum absolute atomic E-state index is 0.285. The van der Waals surface area contributed by atoms with Gasteiger partial charge < -0.3 is 10.5 Å². The van der Waals surface area contributed by atoms with E-state index in [0.717, 1.165) is 19.6 Å². The molecule has 1 aromatic heterocycles. The third-order valence-electron chi connectivity index (χ3n) is 3.48. The third-order valence-corrected chi connectivity index (χ3v) is 4.47. The van der Waals surface area contributed by atoms with Gasteiger partial charge in [0, 0.05) is 37.5 Å².